The van der Waals surface area contributed by atoms with Crippen LogP contribution < -0.4 is 0 Å². The average molecular weight is 354 g/mol. The quantitative estimate of drug-likeness (QED) is 0.367. The van der Waals surface area contributed by atoms with E-state index in [1.165, 1.54) is 12.1 Å². The summed E-state index contributed by atoms with van der Waals surface area (Å²) in [5, 5.41) is 0. The van der Waals surface area contributed by atoms with Crippen LogP contribution in [-0.4, -0.2) is 15.8 Å². The number of benzene rings is 3. The van der Waals surface area contributed by atoms with Gasteiger partial charge in [0.05, 0.1) is 11.0 Å². The van der Waals surface area contributed by atoms with Gasteiger partial charge >= 0.3 is 0 Å². The molecule has 0 N–H and O–H groups in total. The number of rotatable bonds is 4. The summed E-state index contributed by atoms with van der Waals surface area (Å²) in [5.74, 6) is -0.352. The van der Waals surface area contributed by atoms with Crippen molar-refractivity contribution < 1.29 is 9.18 Å². The zero-order chi connectivity index (χ0) is 18.6. The zero-order valence-electron chi connectivity index (χ0n) is 14.3. The molecule has 0 aliphatic carbocycles. The Morgan fingerprint density at radius 1 is 0.778 bits per heavy atom. The summed E-state index contributed by atoms with van der Waals surface area (Å²) in [5.41, 5.74) is 4.93. The highest BCUT2D eigenvalue weighted by Gasteiger charge is 2.04. The minimum Gasteiger partial charge on any atom is -0.289 e. The summed E-state index contributed by atoms with van der Waals surface area (Å²) in [6.45, 7) is 0. The minimum atomic E-state index is -0.268. The molecule has 0 aliphatic heterocycles. The highest BCUT2D eigenvalue weighted by molar-refractivity contribution is 6.07. The molecule has 0 fully saturated rings. The van der Waals surface area contributed by atoms with E-state index >= 15 is 0 Å². The van der Waals surface area contributed by atoms with E-state index < -0.39 is 0 Å². The number of aromatic nitrogens is 2. The van der Waals surface area contributed by atoms with Crippen molar-refractivity contribution in [1.29, 1.82) is 0 Å². The fourth-order valence-corrected chi connectivity index (χ4v) is 2.82. The lowest BCUT2D eigenvalue weighted by atomic mass is 10.0. The molecule has 1 aromatic heterocycles. The summed E-state index contributed by atoms with van der Waals surface area (Å²) in [6, 6.07) is 19.2. The number of halogens is 1. The van der Waals surface area contributed by atoms with Gasteiger partial charge in [-0.05, 0) is 47.0 Å². The SMILES string of the molecule is O=C(/C=C/c1ccc2nccnc2c1)c1ccc(-c2ccc(F)cc2)cc1. The Balaban J connectivity index is 1.51. The van der Waals surface area contributed by atoms with E-state index in [1.54, 1.807) is 48.8 Å². The lowest BCUT2D eigenvalue weighted by molar-refractivity contribution is 0.104. The first-order valence-electron chi connectivity index (χ1n) is 8.48. The summed E-state index contributed by atoms with van der Waals surface area (Å²) >= 11 is 0. The van der Waals surface area contributed by atoms with Gasteiger partial charge in [0.1, 0.15) is 5.82 Å². The largest absolute Gasteiger partial charge is 0.289 e. The molecule has 0 saturated carbocycles. The van der Waals surface area contributed by atoms with Gasteiger partial charge in [-0.15, -0.1) is 0 Å². The molecule has 130 valence electrons. The summed E-state index contributed by atoms with van der Waals surface area (Å²) in [4.78, 5) is 20.9. The van der Waals surface area contributed by atoms with Crippen molar-refractivity contribution in [2.75, 3.05) is 0 Å². The van der Waals surface area contributed by atoms with E-state index in [0.717, 1.165) is 27.7 Å². The molecule has 3 nitrogen and oxygen atoms in total. The summed E-state index contributed by atoms with van der Waals surface area (Å²) < 4.78 is 13.0. The Morgan fingerprint density at radius 2 is 1.41 bits per heavy atom. The molecule has 4 heteroatoms. The van der Waals surface area contributed by atoms with Crippen LogP contribution in [0, 0.1) is 5.82 Å². The Hall–Kier alpha value is -3.66. The first kappa shape index (κ1) is 16.8. The molecule has 3 aromatic carbocycles. The number of carbonyl (C=O) groups excluding carboxylic acids is 1. The van der Waals surface area contributed by atoms with E-state index in [9.17, 15) is 9.18 Å². The zero-order valence-corrected chi connectivity index (χ0v) is 14.3. The van der Waals surface area contributed by atoms with E-state index in [-0.39, 0.29) is 11.6 Å². The number of hydrogen-bond donors (Lipinski definition) is 0. The van der Waals surface area contributed by atoms with Crippen molar-refractivity contribution in [2.45, 2.75) is 0 Å². The van der Waals surface area contributed by atoms with Crippen molar-refractivity contribution in [2.24, 2.45) is 0 Å². The van der Waals surface area contributed by atoms with Crippen LogP contribution in [0.1, 0.15) is 15.9 Å². The second-order valence-electron chi connectivity index (χ2n) is 6.09. The van der Waals surface area contributed by atoms with Gasteiger partial charge < -0.3 is 0 Å². The monoisotopic (exact) mass is 354 g/mol. The van der Waals surface area contributed by atoms with E-state index in [2.05, 4.69) is 9.97 Å². The molecule has 0 unspecified atom stereocenters. The molecule has 0 amide bonds. The van der Waals surface area contributed by atoms with Crippen molar-refractivity contribution in [3.8, 4) is 11.1 Å². The standard InChI is InChI=1S/C23H15FN2O/c24-20-9-7-18(8-10-20)17-3-5-19(6-4-17)23(27)12-2-16-1-11-21-22(15-16)26-14-13-25-21/h1-15H/b12-2+. The fourth-order valence-electron chi connectivity index (χ4n) is 2.82. The summed E-state index contributed by atoms with van der Waals surface area (Å²) in [6.07, 6.45) is 6.61. The van der Waals surface area contributed by atoms with Gasteiger partial charge in [0.25, 0.3) is 0 Å². The number of carbonyl (C=O) groups is 1. The van der Waals surface area contributed by atoms with Gasteiger partial charge in [-0.3, -0.25) is 14.8 Å². The van der Waals surface area contributed by atoms with Gasteiger partial charge in [0, 0.05) is 18.0 Å². The van der Waals surface area contributed by atoms with Gasteiger partial charge in [-0.1, -0.05) is 48.5 Å². The van der Waals surface area contributed by atoms with Crippen LogP contribution in [0.3, 0.4) is 0 Å². The third-order valence-corrected chi connectivity index (χ3v) is 4.27. The second-order valence-corrected chi connectivity index (χ2v) is 6.09. The average Bonchev–Trinajstić information content (AvgIpc) is 2.72. The smallest absolute Gasteiger partial charge is 0.185 e. The number of fused-ring (bicyclic) bond motifs is 1. The Kier molecular flexibility index (Phi) is 4.54. The van der Waals surface area contributed by atoms with Crippen LogP contribution in [0.5, 0.6) is 0 Å². The molecule has 1 heterocycles. The maximum atomic E-state index is 13.0. The molecule has 0 saturated heterocycles. The number of allylic oxidation sites excluding steroid dienone is 1. The maximum Gasteiger partial charge on any atom is 0.185 e. The first-order valence-corrected chi connectivity index (χ1v) is 8.48. The highest BCUT2D eigenvalue weighted by Crippen LogP contribution is 2.20. The lowest BCUT2D eigenvalue weighted by Crippen LogP contribution is -1.94. The number of nitrogens with zero attached hydrogens (tertiary/aromatic N) is 2. The molecule has 27 heavy (non-hydrogen) atoms. The van der Waals surface area contributed by atoms with Crippen molar-refractivity contribution >= 4 is 22.9 Å². The van der Waals surface area contributed by atoms with E-state index in [4.69, 9.17) is 0 Å². The van der Waals surface area contributed by atoms with Crippen molar-refractivity contribution in [3.05, 3.63) is 102 Å². The van der Waals surface area contributed by atoms with Crippen LogP contribution in [0.4, 0.5) is 4.39 Å². The van der Waals surface area contributed by atoms with Crippen LogP contribution in [0.15, 0.2) is 85.2 Å². The molecule has 0 spiro atoms. The van der Waals surface area contributed by atoms with Crippen molar-refractivity contribution in [1.82, 2.24) is 9.97 Å². The van der Waals surface area contributed by atoms with E-state index in [1.807, 2.05) is 30.3 Å². The normalized spacial score (nSPS) is 11.1. The van der Waals surface area contributed by atoms with Gasteiger partial charge in [-0.25, -0.2) is 4.39 Å². The summed E-state index contributed by atoms with van der Waals surface area (Å²) in [7, 11) is 0. The highest BCUT2D eigenvalue weighted by atomic mass is 19.1. The molecule has 0 atom stereocenters. The van der Waals surface area contributed by atoms with Gasteiger partial charge in [-0.2, -0.15) is 0 Å². The maximum absolute atomic E-state index is 13.0. The van der Waals surface area contributed by atoms with Crippen LogP contribution in [0.2, 0.25) is 0 Å². The Labute approximate surface area is 155 Å². The van der Waals surface area contributed by atoms with Crippen LogP contribution >= 0.6 is 0 Å². The predicted molar refractivity (Wildman–Crippen MR) is 105 cm³/mol. The van der Waals surface area contributed by atoms with Gasteiger partial charge in [0.15, 0.2) is 5.78 Å². The molecule has 0 aliphatic rings. The van der Waals surface area contributed by atoms with Crippen LogP contribution in [0.25, 0.3) is 28.2 Å². The van der Waals surface area contributed by atoms with E-state index in [0.29, 0.717) is 5.56 Å². The minimum absolute atomic E-state index is 0.0834. The second kappa shape index (κ2) is 7.30. The molecule has 4 rings (SSSR count). The molecule has 0 bridgehead atoms. The Bertz CT molecular complexity index is 1130. The molecule has 0 radical (unpaired) electrons. The number of ketones is 1. The third-order valence-electron chi connectivity index (χ3n) is 4.27. The third kappa shape index (κ3) is 3.80. The molecule has 4 aromatic rings. The lowest BCUT2D eigenvalue weighted by Gasteiger charge is -2.03. The fraction of sp³-hybridized carbons (Fsp3) is 0. The van der Waals surface area contributed by atoms with Crippen LogP contribution in [-0.2, 0) is 0 Å². The molecular formula is C23H15FN2O. The topological polar surface area (TPSA) is 42.9 Å². The van der Waals surface area contributed by atoms with Crippen molar-refractivity contribution in [3.63, 3.8) is 0 Å². The Morgan fingerprint density at radius 3 is 2.11 bits per heavy atom. The van der Waals surface area contributed by atoms with Gasteiger partial charge in [0.2, 0.25) is 0 Å². The first-order chi connectivity index (χ1) is 13.2. The predicted octanol–water partition coefficient (Wildman–Crippen LogP) is 5.33. The number of hydrogen-bond acceptors (Lipinski definition) is 3. The molecular weight excluding hydrogens is 339 g/mol.